The molecule has 1 saturated carbocycles. The van der Waals surface area contributed by atoms with Crippen LogP contribution in [0.15, 0.2) is 0 Å². The van der Waals surface area contributed by atoms with E-state index in [1.54, 1.807) is 0 Å². The van der Waals surface area contributed by atoms with Gasteiger partial charge in [0.1, 0.15) is 0 Å². The molecular formula is C10H17ClO2. The molecule has 1 fully saturated rings. The lowest BCUT2D eigenvalue weighted by atomic mass is 9.72. The Kier molecular flexibility index (Phi) is 3.60. The number of hydrogen-bond donors (Lipinski definition) is 0. The van der Waals surface area contributed by atoms with E-state index in [0.29, 0.717) is 5.92 Å². The molecule has 0 bridgehead atoms. The van der Waals surface area contributed by atoms with Crippen LogP contribution in [0.3, 0.4) is 0 Å². The molecule has 0 spiro atoms. The van der Waals surface area contributed by atoms with Crippen molar-refractivity contribution in [2.24, 2.45) is 11.3 Å². The van der Waals surface area contributed by atoms with Crippen LogP contribution in [0.25, 0.3) is 0 Å². The Morgan fingerprint density at radius 1 is 1.54 bits per heavy atom. The van der Waals surface area contributed by atoms with Crippen molar-refractivity contribution >= 4 is 17.6 Å². The fraction of sp³-hybridized carbons (Fsp3) is 0.900. The van der Waals surface area contributed by atoms with Gasteiger partial charge < -0.3 is 4.74 Å². The lowest BCUT2D eigenvalue weighted by Crippen LogP contribution is -2.33. The lowest BCUT2D eigenvalue weighted by molar-refractivity contribution is -0.154. The first kappa shape index (κ1) is 10.8. The van der Waals surface area contributed by atoms with Crippen molar-refractivity contribution in [2.45, 2.75) is 32.6 Å². The number of alkyl halides is 1. The van der Waals surface area contributed by atoms with Crippen LogP contribution in [0.4, 0.5) is 0 Å². The van der Waals surface area contributed by atoms with E-state index < -0.39 is 0 Å². The quantitative estimate of drug-likeness (QED) is 0.511. The summed E-state index contributed by atoms with van der Waals surface area (Å²) in [7, 11) is 1.46. The van der Waals surface area contributed by atoms with Gasteiger partial charge in [-0.15, -0.1) is 11.6 Å². The predicted molar refractivity (Wildman–Crippen MR) is 52.8 cm³/mol. The Labute approximate surface area is 84.6 Å². The maximum atomic E-state index is 11.4. The van der Waals surface area contributed by atoms with E-state index in [2.05, 4.69) is 0 Å². The first-order valence-electron chi connectivity index (χ1n) is 4.77. The van der Waals surface area contributed by atoms with Gasteiger partial charge in [-0.2, -0.15) is 0 Å². The zero-order chi connectivity index (χ0) is 9.90. The van der Waals surface area contributed by atoms with E-state index in [-0.39, 0.29) is 11.4 Å². The molecule has 2 nitrogen and oxygen atoms in total. The third kappa shape index (κ3) is 2.37. The van der Waals surface area contributed by atoms with Crippen LogP contribution >= 0.6 is 11.6 Å². The van der Waals surface area contributed by atoms with Crippen LogP contribution < -0.4 is 0 Å². The molecule has 0 N–H and O–H groups in total. The van der Waals surface area contributed by atoms with Gasteiger partial charge in [-0.25, -0.2) is 0 Å². The molecule has 0 aliphatic heterocycles. The molecule has 0 radical (unpaired) electrons. The van der Waals surface area contributed by atoms with Crippen LogP contribution in [0, 0.1) is 11.3 Å². The van der Waals surface area contributed by atoms with Crippen LogP contribution in [-0.4, -0.2) is 19.0 Å². The first-order chi connectivity index (χ1) is 6.12. The van der Waals surface area contributed by atoms with Gasteiger partial charge in [-0.1, -0.05) is 0 Å². The van der Waals surface area contributed by atoms with Gasteiger partial charge in [0.25, 0.3) is 0 Å². The maximum absolute atomic E-state index is 11.4. The SMILES string of the molecule is COC(=O)C1(C)CCC(CCl)CC1. The summed E-state index contributed by atoms with van der Waals surface area (Å²) in [6.07, 6.45) is 3.93. The summed E-state index contributed by atoms with van der Waals surface area (Å²) in [6, 6.07) is 0. The van der Waals surface area contributed by atoms with Crippen LogP contribution in [0.5, 0.6) is 0 Å². The molecule has 13 heavy (non-hydrogen) atoms. The molecule has 0 saturated heterocycles. The smallest absolute Gasteiger partial charge is 0.311 e. The summed E-state index contributed by atoms with van der Waals surface area (Å²) in [6.45, 7) is 1.99. The zero-order valence-electron chi connectivity index (χ0n) is 8.31. The van der Waals surface area contributed by atoms with Gasteiger partial charge in [-0.05, 0) is 38.5 Å². The van der Waals surface area contributed by atoms with Crippen LogP contribution in [0.2, 0.25) is 0 Å². The number of ether oxygens (including phenoxy) is 1. The third-order valence-electron chi connectivity index (χ3n) is 3.11. The average Bonchev–Trinajstić information content (AvgIpc) is 2.18. The topological polar surface area (TPSA) is 26.3 Å². The molecule has 0 unspecified atom stereocenters. The number of halogens is 1. The molecule has 0 heterocycles. The van der Waals surface area contributed by atoms with Gasteiger partial charge >= 0.3 is 5.97 Å². The molecular weight excluding hydrogens is 188 g/mol. The highest BCUT2D eigenvalue weighted by molar-refractivity contribution is 6.18. The number of rotatable bonds is 2. The predicted octanol–water partition coefficient (Wildman–Crippen LogP) is 2.59. The zero-order valence-corrected chi connectivity index (χ0v) is 9.06. The number of hydrogen-bond acceptors (Lipinski definition) is 2. The van der Waals surface area contributed by atoms with Gasteiger partial charge in [0.2, 0.25) is 0 Å². The maximum Gasteiger partial charge on any atom is 0.311 e. The highest BCUT2D eigenvalue weighted by Crippen LogP contribution is 2.39. The van der Waals surface area contributed by atoms with Crippen molar-refractivity contribution in [3.05, 3.63) is 0 Å². The number of methoxy groups -OCH3 is 1. The van der Waals surface area contributed by atoms with Crippen molar-refractivity contribution < 1.29 is 9.53 Å². The second-order valence-corrected chi connectivity index (χ2v) is 4.46. The minimum atomic E-state index is -0.253. The van der Waals surface area contributed by atoms with E-state index in [0.717, 1.165) is 31.6 Å². The summed E-state index contributed by atoms with van der Waals surface area (Å²) in [5.41, 5.74) is -0.253. The monoisotopic (exact) mass is 204 g/mol. The van der Waals surface area contributed by atoms with Crippen molar-refractivity contribution in [3.63, 3.8) is 0 Å². The van der Waals surface area contributed by atoms with Gasteiger partial charge in [0, 0.05) is 5.88 Å². The molecule has 0 aromatic heterocycles. The van der Waals surface area contributed by atoms with E-state index in [1.165, 1.54) is 7.11 Å². The van der Waals surface area contributed by atoms with Crippen molar-refractivity contribution in [3.8, 4) is 0 Å². The second kappa shape index (κ2) is 4.32. The molecule has 1 aliphatic rings. The van der Waals surface area contributed by atoms with Gasteiger partial charge in [0.05, 0.1) is 12.5 Å². The molecule has 0 aromatic rings. The summed E-state index contributed by atoms with van der Waals surface area (Å²) >= 11 is 5.77. The summed E-state index contributed by atoms with van der Waals surface area (Å²) in [4.78, 5) is 11.4. The first-order valence-corrected chi connectivity index (χ1v) is 5.30. The van der Waals surface area contributed by atoms with Crippen molar-refractivity contribution in [1.82, 2.24) is 0 Å². The molecule has 3 heteroatoms. The molecule has 1 aliphatic carbocycles. The minimum Gasteiger partial charge on any atom is -0.469 e. The Hall–Kier alpha value is -0.240. The largest absolute Gasteiger partial charge is 0.469 e. The highest BCUT2D eigenvalue weighted by atomic mass is 35.5. The Balaban J connectivity index is 2.51. The van der Waals surface area contributed by atoms with Crippen molar-refractivity contribution in [2.75, 3.05) is 13.0 Å². The summed E-state index contributed by atoms with van der Waals surface area (Å²) < 4.78 is 4.79. The normalized spacial score (nSPS) is 34.2. The number of carbonyl (C=O) groups excluding carboxylic acids is 1. The Morgan fingerprint density at radius 2 is 2.08 bits per heavy atom. The van der Waals surface area contributed by atoms with Crippen LogP contribution in [-0.2, 0) is 9.53 Å². The fourth-order valence-corrected chi connectivity index (χ4v) is 2.23. The number of carbonyl (C=O) groups is 1. The lowest BCUT2D eigenvalue weighted by Gasteiger charge is -2.34. The minimum absolute atomic E-state index is 0.0690. The van der Waals surface area contributed by atoms with E-state index in [4.69, 9.17) is 16.3 Å². The van der Waals surface area contributed by atoms with Gasteiger partial charge in [0.15, 0.2) is 0 Å². The summed E-state index contributed by atoms with van der Waals surface area (Å²) in [5, 5.41) is 0. The van der Waals surface area contributed by atoms with E-state index >= 15 is 0 Å². The molecule has 0 atom stereocenters. The summed E-state index contributed by atoms with van der Waals surface area (Å²) in [5.74, 6) is 1.25. The standard InChI is InChI=1S/C10H17ClO2/c1-10(9(12)13-2)5-3-8(7-11)4-6-10/h8H,3-7H2,1-2H3. The van der Waals surface area contributed by atoms with E-state index in [1.807, 2.05) is 6.92 Å². The average molecular weight is 205 g/mol. The number of esters is 1. The molecule has 0 amide bonds. The molecule has 76 valence electrons. The van der Waals surface area contributed by atoms with E-state index in [9.17, 15) is 4.79 Å². The molecule has 1 rings (SSSR count). The van der Waals surface area contributed by atoms with Crippen molar-refractivity contribution in [1.29, 1.82) is 0 Å². The fourth-order valence-electron chi connectivity index (χ4n) is 1.92. The molecule has 0 aromatic carbocycles. The highest BCUT2D eigenvalue weighted by Gasteiger charge is 2.38. The Morgan fingerprint density at radius 3 is 2.46 bits per heavy atom. The van der Waals surface area contributed by atoms with Gasteiger partial charge in [-0.3, -0.25) is 4.79 Å². The Bertz CT molecular complexity index is 183. The second-order valence-electron chi connectivity index (χ2n) is 4.15. The van der Waals surface area contributed by atoms with Crippen LogP contribution in [0.1, 0.15) is 32.6 Å². The third-order valence-corrected chi connectivity index (χ3v) is 3.54.